The van der Waals surface area contributed by atoms with Gasteiger partial charge in [-0.3, -0.25) is 50.1 Å². The summed E-state index contributed by atoms with van der Waals surface area (Å²) < 4.78 is 245. The fourth-order valence-corrected chi connectivity index (χ4v) is 12.7. The molecule has 6 aromatic carbocycles. The standard InChI is InChI=1S/C39H31Cl2N7O27S8/c40-15-74-76(54)13-32(49)42-19-7-22-21(27(8-19)78(56,57)58)9-30(81(65,66)67)35(37(22)52)48-46-26-12-28(79(59,60)61)25(11-29(26)80(62,63)64)44-39(53)17-1-3-18(4-2-17)45-47-34-31(82(68,69)70)10-23-20(36(34)51)5-6-24(38(23)83(71,72)73)43-33(50)14-77(55)75-16-41/h1-12,51-52H,13-16H2,(H,42,49)(H,43,50)(H,44,53)(H,56,57,58)(H,59,60,61)(H,62,63,64)(H,65,66,67)(H,68,69,70)(H,71,72,73). The van der Waals surface area contributed by atoms with Gasteiger partial charge in [0.1, 0.15) is 70.1 Å². The van der Waals surface area contributed by atoms with Gasteiger partial charge in [0, 0.05) is 32.8 Å². The molecule has 0 aliphatic heterocycles. The Hall–Kier alpha value is -6.69. The largest absolute Gasteiger partial charge is 0.505 e. The first kappa shape index (κ1) is 65.5. The number of amides is 3. The Morgan fingerprint density at radius 3 is 1.45 bits per heavy atom. The summed E-state index contributed by atoms with van der Waals surface area (Å²) >= 11 is 5.95. The summed E-state index contributed by atoms with van der Waals surface area (Å²) in [6.07, 6.45) is 0. The molecule has 44 heteroatoms. The summed E-state index contributed by atoms with van der Waals surface area (Å²) in [7, 11) is -33.4. The van der Waals surface area contributed by atoms with Crippen molar-refractivity contribution >= 4 is 185 Å². The highest BCUT2D eigenvalue weighted by Crippen LogP contribution is 2.47. The summed E-state index contributed by atoms with van der Waals surface area (Å²) in [5.74, 6) is -8.19. The van der Waals surface area contributed by atoms with Gasteiger partial charge >= 0.3 is 0 Å². The van der Waals surface area contributed by atoms with Crippen molar-refractivity contribution in [1.29, 1.82) is 0 Å². The number of phenolic OH excluding ortho intramolecular Hbond substituents is 2. The van der Waals surface area contributed by atoms with Gasteiger partial charge in [-0.1, -0.05) is 23.2 Å². The van der Waals surface area contributed by atoms with Crippen LogP contribution >= 0.6 is 23.2 Å². The van der Waals surface area contributed by atoms with Gasteiger partial charge in [0.05, 0.1) is 17.1 Å². The third-order valence-electron chi connectivity index (χ3n) is 10.3. The molecule has 3 amide bonds. The van der Waals surface area contributed by atoms with Crippen molar-refractivity contribution < 1.29 is 119 Å². The van der Waals surface area contributed by atoms with E-state index in [0.29, 0.717) is 18.2 Å². The predicted octanol–water partition coefficient (Wildman–Crippen LogP) is 4.60. The van der Waals surface area contributed by atoms with E-state index in [1.54, 1.807) is 0 Å². The van der Waals surface area contributed by atoms with Gasteiger partial charge in [-0.15, -0.1) is 15.3 Å². The predicted molar refractivity (Wildman–Crippen MR) is 286 cm³/mol. The Labute approximate surface area is 480 Å². The first-order chi connectivity index (χ1) is 38.2. The number of alkyl halides is 2. The molecule has 0 bridgehead atoms. The summed E-state index contributed by atoms with van der Waals surface area (Å²) in [6.45, 7) is 0. The molecule has 0 aromatic heterocycles. The topological polar surface area (TPSA) is 556 Å². The zero-order valence-electron chi connectivity index (χ0n) is 39.9. The number of hydrogen-bond donors (Lipinski definition) is 11. The van der Waals surface area contributed by atoms with Gasteiger partial charge in [-0.2, -0.15) is 55.6 Å². The van der Waals surface area contributed by atoms with E-state index in [-0.39, 0.29) is 17.8 Å². The minimum atomic E-state index is -5.69. The Kier molecular flexibility index (Phi) is 19.6. The van der Waals surface area contributed by atoms with Crippen LogP contribution in [0.4, 0.5) is 39.8 Å². The van der Waals surface area contributed by atoms with Crippen LogP contribution in [0.25, 0.3) is 21.5 Å². The van der Waals surface area contributed by atoms with Gasteiger partial charge < -0.3 is 26.2 Å². The van der Waals surface area contributed by atoms with Crippen molar-refractivity contribution in [2.75, 3.05) is 39.6 Å². The van der Waals surface area contributed by atoms with Crippen LogP contribution < -0.4 is 16.0 Å². The molecule has 83 heavy (non-hydrogen) atoms. The van der Waals surface area contributed by atoms with Gasteiger partial charge in [0.25, 0.3) is 66.6 Å². The van der Waals surface area contributed by atoms with Crippen molar-refractivity contribution in [2.24, 2.45) is 20.5 Å². The molecule has 2 unspecified atom stereocenters. The number of anilines is 3. The van der Waals surface area contributed by atoms with Crippen LogP contribution in [0.3, 0.4) is 0 Å². The van der Waals surface area contributed by atoms with Gasteiger partial charge in [-0.05, 0) is 72.8 Å². The lowest BCUT2D eigenvalue weighted by Gasteiger charge is -2.15. The van der Waals surface area contributed by atoms with E-state index in [1.165, 1.54) is 0 Å². The monoisotopic (exact) mass is 1350 g/mol. The Morgan fingerprint density at radius 2 is 0.952 bits per heavy atom. The molecule has 6 aromatic rings. The molecular formula is C39H31Cl2N7O27S8. The molecule has 0 radical (unpaired) electrons. The van der Waals surface area contributed by atoms with Crippen molar-refractivity contribution in [3.05, 3.63) is 78.4 Å². The maximum absolute atomic E-state index is 13.5. The number of carbonyl (C=O) groups excluding carboxylic acids is 3. The molecule has 34 nitrogen and oxygen atoms in total. The minimum absolute atomic E-state index is 0.128. The van der Waals surface area contributed by atoms with Crippen LogP contribution in [0.2, 0.25) is 0 Å². The number of benzene rings is 6. The van der Waals surface area contributed by atoms with E-state index in [0.717, 1.165) is 42.5 Å². The van der Waals surface area contributed by atoms with Gasteiger partial charge in [0.2, 0.25) is 11.8 Å². The number of phenols is 2. The highest BCUT2D eigenvalue weighted by Gasteiger charge is 2.31. The lowest BCUT2D eigenvalue weighted by Crippen LogP contribution is -2.21. The summed E-state index contributed by atoms with van der Waals surface area (Å²) in [5, 5.41) is 39.4. The average Bonchev–Trinajstić information content (AvgIpc) is 3.30. The lowest BCUT2D eigenvalue weighted by molar-refractivity contribution is -0.114. The van der Waals surface area contributed by atoms with Crippen molar-refractivity contribution in [1.82, 2.24) is 0 Å². The number of nitrogens with zero attached hydrogens (tertiary/aromatic N) is 4. The van der Waals surface area contributed by atoms with Gasteiger partial charge in [0.15, 0.2) is 33.7 Å². The zero-order valence-corrected chi connectivity index (χ0v) is 47.9. The molecule has 0 aliphatic rings. The highest BCUT2D eigenvalue weighted by atomic mass is 35.5. The number of nitrogens with one attached hydrogen (secondary N) is 3. The van der Waals surface area contributed by atoms with Gasteiger partial charge in [-0.25, -0.2) is 8.42 Å². The van der Waals surface area contributed by atoms with E-state index in [4.69, 9.17) is 23.2 Å². The maximum atomic E-state index is 13.5. The SMILES string of the molecule is O=C(CS(=O)OCCl)Nc1cc(S(=O)(=O)O)c2cc(S(=O)(=O)O)c(N=Nc3cc(S(=O)(=O)O)c(NC(=O)c4ccc(N=Nc5c(S(=O)(=O)O)cc6c(S(=O)(=O)O)c(NC(=O)CS(=O)OCCl)ccc6c5O)cc4)cc3S(=O)(=O)O)c(O)c2c1. The average molecular weight is 1360 g/mol. The Morgan fingerprint density at radius 1 is 0.470 bits per heavy atom. The number of rotatable bonds is 22. The number of aromatic hydroxyl groups is 2. The van der Waals surface area contributed by atoms with E-state index < -0.39 is 226 Å². The first-order valence-corrected chi connectivity index (χ1v) is 33.1. The Balaban J connectivity index is 1.38. The second-order valence-corrected chi connectivity index (χ2v) is 26.8. The van der Waals surface area contributed by atoms with Crippen LogP contribution in [0.1, 0.15) is 10.4 Å². The van der Waals surface area contributed by atoms with Crippen LogP contribution in [-0.2, 0) is 101 Å². The summed E-state index contributed by atoms with van der Waals surface area (Å²) in [6, 6.07) is 6.44. The van der Waals surface area contributed by atoms with E-state index in [1.807, 2.05) is 10.6 Å². The smallest absolute Gasteiger partial charge is 0.297 e. The molecule has 11 N–H and O–H groups in total. The molecule has 0 fully saturated rings. The van der Waals surface area contributed by atoms with Crippen LogP contribution in [0, 0.1) is 0 Å². The first-order valence-electron chi connectivity index (χ1n) is 20.9. The third-order valence-corrected chi connectivity index (χ3v) is 17.9. The van der Waals surface area contributed by atoms with Crippen molar-refractivity contribution in [3.8, 4) is 11.5 Å². The van der Waals surface area contributed by atoms with E-state index in [2.05, 4.69) is 34.1 Å². The third kappa shape index (κ3) is 15.7. The molecular weight excluding hydrogens is 1330 g/mol. The normalized spacial score (nSPS) is 13.6. The van der Waals surface area contributed by atoms with Crippen LogP contribution in [0.15, 0.2) is 123 Å². The molecule has 0 saturated carbocycles. The molecule has 0 saturated heterocycles. The van der Waals surface area contributed by atoms with Crippen molar-refractivity contribution in [3.63, 3.8) is 0 Å². The second-order valence-electron chi connectivity index (χ2n) is 15.8. The Bertz CT molecular complexity index is 4570. The number of carbonyl (C=O) groups is 3. The highest BCUT2D eigenvalue weighted by molar-refractivity contribution is 7.87. The molecule has 0 aliphatic carbocycles. The molecule has 2 atom stereocenters. The second kappa shape index (κ2) is 24.9. The quantitative estimate of drug-likeness (QED) is 0.0251. The summed E-state index contributed by atoms with van der Waals surface area (Å²) in [5.41, 5.74) is -7.11. The zero-order chi connectivity index (χ0) is 62.1. The lowest BCUT2D eigenvalue weighted by atomic mass is 10.1. The van der Waals surface area contributed by atoms with Crippen LogP contribution in [-0.4, -0.2) is 138 Å². The number of hydrogen-bond acceptors (Lipinski definition) is 25. The van der Waals surface area contributed by atoms with Crippen molar-refractivity contribution in [2.45, 2.75) is 29.4 Å². The number of fused-ring (bicyclic) bond motifs is 2. The summed E-state index contributed by atoms with van der Waals surface area (Å²) in [4.78, 5) is 30.2. The molecule has 446 valence electrons. The maximum Gasteiger partial charge on any atom is 0.297 e. The fraction of sp³-hybridized carbons (Fsp3) is 0.103. The number of halogens is 2. The number of azo groups is 2. The molecule has 6 rings (SSSR count). The van der Waals surface area contributed by atoms with E-state index >= 15 is 0 Å². The molecule has 0 heterocycles. The molecule has 0 spiro atoms. The fourth-order valence-electron chi connectivity index (χ4n) is 7.07. The van der Waals surface area contributed by atoms with E-state index in [9.17, 15) is 111 Å². The minimum Gasteiger partial charge on any atom is -0.505 e. The van der Waals surface area contributed by atoms with Crippen LogP contribution in [0.5, 0.6) is 11.5 Å².